The highest BCUT2D eigenvalue weighted by Gasteiger charge is 2.08. The lowest BCUT2D eigenvalue weighted by Crippen LogP contribution is -2.03. The number of phenolic OH excluding ortho intramolecular Hbond substituents is 1. The fourth-order valence-electron chi connectivity index (χ4n) is 1.01. The van der Waals surface area contributed by atoms with Gasteiger partial charge in [-0.15, -0.1) is 0 Å². The van der Waals surface area contributed by atoms with Gasteiger partial charge in [0.05, 0.1) is 5.56 Å². The van der Waals surface area contributed by atoms with Crippen molar-refractivity contribution in [2.24, 2.45) is 0 Å². The Labute approximate surface area is 97.1 Å². The molecule has 0 bridgehead atoms. The van der Waals surface area contributed by atoms with E-state index in [0.717, 1.165) is 4.47 Å². The fraction of sp³-hybridized carbons (Fsp3) is 0.182. The fourth-order valence-corrected chi connectivity index (χ4v) is 1.37. The van der Waals surface area contributed by atoms with Crippen LogP contribution in [0.4, 0.5) is 0 Å². The molecule has 0 heterocycles. The number of phenols is 1. The van der Waals surface area contributed by atoms with Crippen molar-refractivity contribution in [1.29, 1.82) is 0 Å². The maximum absolute atomic E-state index is 11.6. The first-order valence-corrected chi connectivity index (χ1v) is 5.17. The number of hydrogen-bond donors (Lipinski definition) is 1. The molecule has 0 amide bonds. The minimum Gasteiger partial charge on any atom is -0.507 e. The molecule has 4 heteroatoms. The van der Waals surface area contributed by atoms with E-state index in [9.17, 15) is 9.90 Å². The minimum absolute atomic E-state index is 0.00777. The van der Waals surface area contributed by atoms with Crippen LogP contribution in [0.2, 0.25) is 0 Å². The smallest absolute Gasteiger partial charge is 0.191 e. The standard InChI is InChI=1S/C11H12BrNO2/c1-13(2)6-5-11(15)9-7-8(12)3-4-10(9)14/h3-7,14H,1-2H3/b6-5-. The number of aromatic hydroxyl groups is 1. The molecule has 0 atom stereocenters. The van der Waals surface area contributed by atoms with E-state index in [1.807, 2.05) is 14.1 Å². The average Bonchev–Trinajstić information content (AvgIpc) is 2.18. The number of carbonyl (C=O) groups is 1. The second-order valence-electron chi connectivity index (χ2n) is 3.31. The molecule has 0 saturated carbocycles. The molecule has 1 rings (SSSR count). The topological polar surface area (TPSA) is 40.5 Å². The molecule has 3 nitrogen and oxygen atoms in total. The monoisotopic (exact) mass is 269 g/mol. The van der Waals surface area contributed by atoms with Crippen LogP contribution >= 0.6 is 15.9 Å². The largest absolute Gasteiger partial charge is 0.507 e. The van der Waals surface area contributed by atoms with Gasteiger partial charge in [0, 0.05) is 30.8 Å². The van der Waals surface area contributed by atoms with Crippen LogP contribution in [-0.4, -0.2) is 29.9 Å². The van der Waals surface area contributed by atoms with Crippen LogP contribution in [0, 0.1) is 0 Å². The lowest BCUT2D eigenvalue weighted by Gasteiger charge is -2.04. The van der Waals surface area contributed by atoms with Crippen LogP contribution in [0.15, 0.2) is 34.9 Å². The number of carbonyl (C=O) groups excluding carboxylic acids is 1. The van der Waals surface area contributed by atoms with Crippen LogP contribution in [0.5, 0.6) is 5.75 Å². The van der Waals surface area contributed by atoms with Gasteiger partial charge in [0.25, 0.3) is 0 Å². The zero-order chi connectivity index (χ0) is 11.4. The van der Waals surface area contributed by atoms with Crippen molar-refractivity contribution >= 4 is 21.7 Å². The van der Waals surface area contributed by atoms with Crippen molar-refractivity contribution in [3.05, 3.63) is 40.5 Å². The number of rotatable bonds is 3. The SMILES string of the molecule is CN(C)/C=C\C(=O)c1cc(Br)ccc1O. The summed E-state index contributed by atoms with van der Waals surface area (Å²) in [6.07, 6.45) is 3.06. The molecule has 1 aromatic carbocycles. The highest BCUT2D eigenvalue weighted by atomic mass is 79.9. The van der Waals surface area contributed by atoms with Gasteiger partial charge in [-0.05, 0) is 18.2 Å². The third-order valence-electron chi connectivity index (χ3n) is 1.75. The molecule has 15 heavy (non-hydrogen) atoms. The van der Waals surface area contributed by atoms with E-state index >= 15 is 0 Å². The van der Waals surface area contributed by atoms with Gasteiger partial charge in [0.15, 0.2) is 5.78 Å². The molecule has 0 fully saturated rings. The van der Waals surface area contributed by atoms with Gasteiger partial charge in [0.1, 0.15) is 5.75 Å². The normalized spacial score (nSPS) is 10.6. The molecule has 0 radical (unpaired) electrons. The average molecular weight is 270 g/mol. The van der Waals surface area contributed by atoms with Crippen molar-refractivity contribution < 1.29 is 9.90 Å². The zero-order valence-electron chi connectivity index (χ0n) is 8.57. The molecule has 0 aliphatic rings. The van der Waals surface area contributed by atoms with E-state index in [2.05, 4.69) is 15.9 Å². The summed E-state index contributed by atoms with van der Waals surface area (Å²) >= 11 is 3.25. The maximum Gasteiger partial charge on any atom is 0.191 e. The number of nitrogens with zero attached hydrogens (tertiary/aromatic N) is 1. The number of halogens is 1. The summed E-state index contributed by atoms with van der Waals surface area (Å²) in [4.78, 5) is 13.4. The molecular formula is C11H12BrNO2. The van der Waals surface area contributed by atoms with Gasteiger partial charge in [-0.2, -0.15) is 0 Å². The van der Waals surface area contributed by atoms with Crippen molar-refractivity contribution in [2.75, 3.05) is 14.1 Å². The van der Waals surface area contributed by atoms with Gasteiger partial charge in [-0.25, -0.2) is 0 Å². The number of ketones is 1. The molecule has 0 saturated heterocycles. The van der Waals surface area contributed by atoms with Crippen molar-refractivity contribution in [3.63, 3.8) is 0 Å². The second kappa shape index (κ2) is 4.98. The van der Waals surface area contributed by atoms with E-state index in [-0.39, 0.29) is 11.5 Å². The van der Waals surface area contributed by atoms with E-state index < -0.39 is 0 Å². The van der Waals surface area contributed by atoms with Crippen LogP contribution in [-0.2, 0) is 0 Å². The molecule has 0 aliphatic carbocycles. The Morgan fingerprint density at radius 3 is 2.73 bits per heavy atom. The third kappa shape index (κ3) is 3.40. The van der Waals surface area contributed by atoms with Gasteiger partial charge in [-0.1, -0.05) is 15.9 Å². The van der Waals surface area contributed by atoms with E-state index in [1.54, 1.807) is 23.2 Å². The Bertz CT molecular complexity index is 400. The molecular weight excluding hydrogens is 258 g/mol. The summed E-state index contributed by atoms with van der Waals surface area (Å²) in [5.41, 5.74) is 0.294. The predicted octanol–water partition coefficient (Wildman–Crippen LogP) is 2.41. The Balaban J connectivity index is 2.96. The summed E-state index contributed by atoms with van der Waals surface area (Å²) < 4.78 is 0.766. The van der Waals surface area contributed by atoms with Crippen molar-refractivity contribution in [3.8, 4) is 5.75 Å². The molecule has 80 valence electrons. The highest BCUT2D eigenvalue weighted by molar-refractivity contribution is 9.10. The summed E-state index contributed by atoms with van der Waals surface area (Å²) in [7, 11) is 3.65. The molecule has 1 N–H and O–H groups in total. The highest BCUT2D eigenvalue weighted by Crippen LogP contribution is 2.22. The Morgan fingerprint density at radius 2 is 2.13 bits per heavy atom. The predicted molar refractivity (Wildman–Crippen MR) is 63.0 cm³/mol. The van der Waals surface area contributed by atoms with Crippen LogP contribution in [0.3, 0.4) is 0 Å². The Hall–Kier alpha value is -1.29. The zero-order valence-corrected chi connectivity index (χ0v) is 10.2. The summed E-state index contributed by atoms with van der Waals surface area (Å²) in [6.45, 7) is 0. The van der Waals surface area contributed by atoms with Crippen LogP contribution in [0.25, 0.3) is 0 Å². The van der Waals surface area contributed by atoms with Gasteiger partial charge in [-0.3, -0.25) is 4.79 Å². The number of benzene rings is 1. The van der Waals surface area contributed by atoms with Gasteiger partial charge in [0.2, 0.25) is 0 Å². The first kappa shape index (κ1) is 11.8. The van der Waals surface area contributed by atoms with Crippen molar-refractivity contribution in [2.45, 2.75) is 0 Å². The number of allylic oxidation sites excluding steroid dienone is 1. The maximum atomic E-state index is 11.6. The van der Waals surface area contributed by atoms with Gasteiger partial charge < -0.3 is 10.0 Å². The molecule has 0 spiro atoms. The van der Waals surface area contributed by atoms with Gasteiger partial charge >= 0.3 is 0 Å². The van der Waals surface area contributed by atoms with Crippen molar-refractivity contribution in [1.82, 2.24) is 4.90 Å². The Morgan fingerprint density at radius 1 is 1.47 bits per heavy atom. The summed E-state index contributed by atoms with van der Waals surface area (Å²) in [6, 6.07) is 4.76. The summed E-state index contributed by atoms with van der Waals surface area (Å²) in [5.74, 6) is -0.228. The quantitative estimate of drug-likeness (QED) is 0.677. The van der Waals surface area contributed by atoms with E-state index in [1.165, 1.54) is 12.1 Å². The second-order valence-corrected chi connectivity index (χ2v) is 4.22. The van der Waals surface area contributed by atoms with E-state index in [0.29, 0.717) is 5.56 Å². The van der Waals surface area contributed by atoms with E-state index in [4.69, 9.17) is 0 Å². The molecule has 0 aromatic heterocycles. The Kier molecular flexibility index (Phi) is 3.91. The van der Waals surface area contributed by atoms with Crippen LogP contribution < -0.4 is 0 Å². The summed E-state index contributed by atoms with van der Waals surface area (Å²) in [5, 5.41) is 9.48. The minimum atomic E-state index is -0.220. The first-order chi connectivity index (χ1) is 7.00. The first-order valence-electron chi connectivity index (χ1n) is 4.38. The molecule has 0 aliphatic heterocycles. The van der Waals surface area contributed by atoms with Crippen LogP contribution in [0.1, 0.15) is 10.4 Å². The third-order valence-corrected chi connectivity index (χ3v) is 2.24. The molecule has 0 unspecified atom stereocenters. The lowest BCUT2D eigenvalue weighted by atomic mass is 10.1. The number of hydrogen-bond acceptors (Lipinski definition) is 3. The lowest BCUT2D eigenvalue weighted by molar-refractivity contribution is 0.104. The molecule has 1 aromatic rings.